The molecule has 1 aliphatic rings. The molecule has 3 rings (SSSR count). The van der Waals surface area contributed by atoms with E-state index in [-0.39, 0.29) is 18.0 Å². The topological polar surface area (TPSA) is 66.2 Å². The molecule has 0 radical (unpaired) electrons. The average molecular weight is 357 g/mol. The quantitative estimate of drug-likeness (QED) is 0.737. The van der Waals surface area contributed by atoms with Gasteiger partial charge in [0.05, 0.1) is 13.2 Å². The highest BCUT2D eigenvalue weighted by Crippen LogP contribution is 2.29. The summed E-state index contributed by atoms with van der Waals surface area (Å²) in [4.78, 5) is 17.3. The molecule has 0 N–H and O–H groups in total. The Morgan fingerprint density at radius 1 is 1.31 bits per heavy atom. The van der Waals surface area contributed by atoms with Crippen LogP contribution >= 0.6 is 0 Å². The summed E-state index contributed by atoms with van der Waals surface area (Å²) in [6, 6.07) is 7.71. The Morgan fingerprint density at radius 3 is 2.77 bits per heavy atom. The Morgan fingerprint density at radius 2 is 2.08 bits per heavy atom. The molecule has 1 heterocycles. The van der Waals surface area contributed by atoms with Crippen molar-refractivity contribution in [2.24, 2.45) is 5.92 Å². The molecule has 1 aromatic carbocycles. The van der Waals surface area contributed by atoms with Crippen LogP contribution in [0.5, 0.6) is 11.8 Å². The summed E-state index contributed by atoms with van der Waals surface area (Å²) in [7, 11) is 1.61. The number of methoxy groups -OCH3 is 1. The number of hydrogen-bond acceptors (Lipinski definition) is 5. The molecule has 6 nitrogen and oxygen atoms in total. The fraction of sp³-hybridized carbons (Fsp3) is 0.550. The standard InChI is InChI=1S/C20H27N3O3/c1-14(2)26-20-21-19(16-9-6-10-17(13-16)25-3)23(22-20)18(24)12-11-15-7-4-5-8-15/h6,9-10,13-15H,4-5,7-8,11-12H2,1-3H3. The summed E-state index contributed by atoms with van der Waals surface area (Å²) in [5.41, 5.74) is 0.782. The highest BCUT2D eigenvalue weighted by molar-refractivity contribution is 5.82. The van der Waals surface area contributed by atoms with E-state index >= 15 is 0 Å². The predicted octanol–water partition coefficient (Wildman–Crippen LogP) is 4.35. The first-order valence-electron chi connectivity index (χ1n) is 9.38. The number of ether oxygens (including phenoxy) is 2. The van der Waals surface area contributed by atoms with Gasteiger partial charge < -0.3 is 9.47 Å². The number of aromatic nitrogens is 3. The smallest absolute Gasteiger partial charge is 0.336 e. The molecule has 0 atom stereocenters. The molecular formula is C20H27N3O3. The van der Waals surface area contributed by atoms with Crippen molar-refractivity contribution in [1.82, 2.24) is 14.8 Å². The van der Waals surface area contributed by atoms with Crippen molar-refractivity contribution in [2.75, 3.05) is 7.11 Å². The Bertz CT molecular complexity index is 749. The normalized spacial score (nSPS) is 14.8. The van der Waals surface area contributed by atoms with Crippen LogP contribution in [0.2, 0.25) is 0 Å². The number of rotatable bonds is 7. The summed E-state index contributed by atoms with van der Waals surface area (Å²) < 4.78 is 12.3. The summed E-state index contributed by atoms with van der Waals surface area (Å²) in [5.74, 6) is 1.83. The van der Waals surface area contributed by atoms with Crippen molar-refractivity contribution in [3.8, 4) is 23.1 Å². The van der Waals surface area contributed by atoms with Crippen LogP contribution in [0.15, 0.2) is 24.3 Å². The summed E-state index contributed by atoms with van der Waals surface area (Å²) in [5, 5.41) is 4.32. The number of nitrogens with zero attached hydrogens (tertiary/aromatic N) is 3. The third kappa shape index (κ3) is 4.42. The predicted molar refractivity (Wildman–Crippen MR) is 99.6 cm³/mol. The van der Waals surface area contributed by atoms with Gasteiger partial charge in [-0.15, -0.1) is 5.10 Å². The van der Waals surface area contributed by atoms with Crippen molar-refractivity contribution >= 4 is 5.91 Å². The second-order valence-electron chi connectivity index (χ2n) is 7.11. The van der Waals surface area contributed by atoms with E-state index in [0.29, 0.717) is 23.9 Å². The molecule has 140 valence electrons. The Balaban J connectivity index is 1.85. The lowest BCUT2D eigenvalue weighted by Gasteiger charge is -2.09. The molecule has 1 fully saturated rings. The molecule has 0 unspecified atom stereocenters. The van der Waals surface area contributed by atoms with Gasteiger partial charge in [-0.25, -0.2) is 0 Å². The van der Waals surface area contributed by atoms with Crippen molar-refractivity contribution in [1.29, 1.82) is 0 Å². The lowest BCUT2D eigenvalue weighted by Crippen LogP contribution is -2.15. The highest BCUT2D eigenvalue weighted by atomic mass is 16.5. The Labute approximate surface area is 154 Å². The lowest BCUT2D eigenvalue weighted by atomic mass is 10.0. The molecule has 0 bridgehead atoms. The van der Waals surface area contributed by atoms with Crippen LogP contribution in [0.1, 0.15) is 57.2 Å². The van der Waals surface area contributed by atoms with Gasteiger partial charge in [0.15, 0.2) is 5.82 Å². The third-order valence-corrected chi connectivity index (χ3v) is 4.73. The van der Waals surface area contributed by atoms with Crippen molar-refractivity contribution in [2.45, 2.75) is 58.5 Å². The van der Waals surface area contributed by atoms with Crippen molar-refractivity contribution < 1.29 is 14.3 Å². The maximum atomic E-state index is 12.8. The molecular weight excluding hydrogens is 330 g/mol. The third-order valence-electron chi connectivity index (χ3n) is 4.73. The second kappa shape index (κ2) is 8.34. The minimum absolute atomic E-state index is 0.0409. The van der Waals surface area contributed by atoms with Gasteiger partial charge in [-0.05, 0) is 38.3 Å². The van der Waals surface area contributed by atoms with E-state index in [2.05, 4.69) is 10.1 Å². The maximum absolute atomic E-state index is 12.8. The van der Waals surface area contributed by atoms with Gasteiger partial charge in [-0.3, -0.25) is 4.79 Å². The number of carbonyl (C=O) groups is 1. The van der Waals surface area contributed by atoms with Crippen LogP contribution in [0, 0.1) is 5.92 Å². The van der Waals surface area contributed by atoms with Crippen LogP contribution in [-0.4, -0.2) is 33.9 Å². The van der Waals surface area contributed by atoms with E-state index in [4.69, 9.17) is 9.47 Å². The summed E-state index contributed by atoms with van der Waals surface area (Å²) in [6.45, 7) is 3.82. The first-order valence-corrected chi connectivity index (χ1v) is 9.38. The highest BCUT2D eigenvalue weighted by Gasteiger charge is 2.22. The fourth-order valence-electron chi connectivity index (χ4n) is 3.41. The van der Waals surface area contributed by atoms with Crippen LogP contribution in [-0.2, 0) is 0 Å². The van der Waals surface area contributed by atoms with Crippen LogP contribution < -0.4 is 9.47 Å². The minimum atomic E-state index is -0.0578. The SMILES string of the molecule is COc1cccc(-c2nc(OC(C)C)nn2C(=O)CCC2CCCC2)c1. The van der Waals surface area contributed by atoms with Gasteiger partial charge in [-0.1, -0.05) is 37.8 Å². The number of carbonyl (C=O) groups excluding carboxylic acids is 1. The van der Waals surface area contributed by atoms with Gasteiger partial charge in [-0.2, -0.15) is 9.67 Å². The van der Waals surface area contributed by atoms with Gasteiger partial charge in [0, 0.05) is 12.0 Å². The molecule has 0 spiro atoms. The van der Waals surface area contributed by atoms with Gasteiger partial charge in [0.2, 0.25) is 5.91 Å². The zero-order valence-electron chi connectivity index (χ0n) is 15.8. The van der Waals surface area contributed by atoms with Gasteiger partial charge >= 0.3 is 6.01 Å². The maximum Gasteiger partial charge on any atom is 0.336 e. The molecule has 1 aromatic heterocycles. The molecule has 2 aromatic rings. The van der Waals surface area contributed by atoms with E-state index in [0.717, 1.165) is 12.0 Å². The zero-order chi connectivity index (χ0) is 18.5. The number of hydrogen-bond donors (Lipinski definition) is 0. The largest absolute Gasteiger partial charge is 0.497 e. The van der Waals surface area contributed by atoms with E-state index < -0.39 is 0 Å². The molecule has 1 aliphatic carbocycles. The molecule has 0 aliphatic heterocycles. The monoisotopic (exact) mass is 357 g/mol. The molecule has 0 amide bonds. The molecule has 1 saturated carbocycles. The molecule has 6 heteroatoms. The van der Waals surface area contributed by atoms with E-state index in [1.807, 2.05) is 38.1 Å². The van der Waals surface area contributed by atoms with Gasteiger partial charge in [0.25, 0.3) is 0 Å². The van der Waals surface area contributed by atoms with Crippen LogP contribution in [0.3, 0.4) is 0 Å². The van der Waals surface area contributed by atoms with Crippen molar-refractivity contribution in [3.63, 3.8) is 0 Å². The zero-order valence-corrected chi connectivity index (χ0v) is 15.8. The lowest BCUT2D eigenvalue weighted by molar-refractivity contribution is 0.0876. The first-order chi connectivity index (χ1) is 12.6. The summed E-state index contributed by atoms with van der Waals surface area (Å²) in [6.07, 6.45) is 6.36. The number of benzene rings is 1. The van der Waals surface area contributed by atoms with Crippen LogP contribution in [0.25, 0.3) is 11.4 Å². The van der Waals surface area contributed by atoms with E-state index in [1.165, 1.54) is 30.4 Å². The Kier molecular flexibility index (Phi) is 5.91. The first kappa shape index (κ1) is 18.4. The van der Waals surface area contributed by atoms with Crippen LogP contribution in [0.4, 0.5) is 0 Å². The fourth-order valence-corrected chi connectivity index (χ4v) is 3.41. The molecule has 0 saturated heterocycles. The van der Waals surface area contributed by atoms with Gasteiger partial charge in [0.1, 0.15) is 5.75 Å². The second-order valence-corrected chi connectivity index (χ2v) is 7.11. The van der Waals surface area contributed by atoms with Crippen molar-refractivity contribution in [3.05, 3.63) is 24.3 Å². The Hall–Kier alpha value is -2.37. The minimum Gasteiger partial charge on any atom is -0.497 e. The van der Waals surface area contributed by atoms with E-state index in [9.17, 15) is 4.79 Å². The molecule has 26 heavy (non-hydrogen) atoms. The average Bonchev–Trinajstić information content (AvgIpc) is 3.29. The summed E-state index contributed by atoms with van der Waals surface area (Å²) >= 11 is 0. The van der Waals surface area contributed by atoms with E-state index in [1.54, 1.807) is 7.11 Å².